The molecule has 1 aromatic carbocycles. The van der Waals surface area contributed by atoms with Crippen LogP contribution < -0.4 is 0 Å². The van der Waals surface area contributed by atoms with Crippen molar-refractivity contribution in [3.8, 4) is 0 Å². The van der Waals surface area contributed by atoms with Crippen LogP contribution in [0.25, 0.3) is 0 Å². The summed E-state index contributed by atoms with van der Waals surface area (Å²) in [4.78, 5) is 14.1. The predicted octanol–water partition coefficient (Wildman–Crippen LogP) is 2.33. The first-order valence-electron chi connectivity index (χ1n) is 5.60. The lowest BCUT2D eigenvalue weighted by Crippen LogP contribution is -2.43. The van der Waals surface area contributed by atoms with E-state index in [9.17, 15) is 4.79 Å². The van der Waals surface area contributed by atoms with Crippen molar-refractivity contribution in [3.63, 3.8) is 0 Å². The number of hydrogen-bond acceptors (Lipinski definition) is 3. The van der Waals surface area contributed by atoms with Crippen molar-refractivity contribution in [2.75, 3.05) is 13.7 Å². The lowest BCUT2D eigenvalue weighted by Gasteiger charge is -2.28. The molecule has 17 heavy (non-hydrogen) atoms. The molecule has 0 aromatic heterocycles. The number of carbonyl (C=O) groups excluding carboxylic acids is 1. The van der Waals surface area contributed by atoms with Gasteiger partial charge in [-0.2, -0.15) is 0 Å². The largest absolute Gasteiger partial charge is 0.395 e. The third kappa shape index (κ3) is 3.63. The number of likely N-dealkylation sites (N-methyl/N-ethyl adjacent to an activating group) is 1. The van der Waals surface area contributed by atoms with E-state index in [0.29, 0.717) is 5.56 Å². The molecule has 0 bridgehead atoms. The number of benzene rings is 1. The van der Waals surface area contributed by atoms with E-state index in [4.69, 9.17) is 5.11 Å². The number of hydrogen-bond donors (Lipinski definition) is 1. The Labute approximate surface area is 111 Å². The number of halogens is 1. The zero-order valence-corrected chi connectivity index (χ0v) is 11.9. The van der Waals surface area contributed by atoms with Gasteiger partial charge in [0.05, 0.1) is 12.6 Å². The minimum atomic E-state index is -0.238. The summed E-state index contributed by atoms with van der Waals surface area (Å²) in [6.45, 7) is 3.80. The average Bonchev–Trinajstić information content (AvgIpc) is 2.36. The Morgan fingerprint density at radius 2 is 1.88 bits per heavy atom. The van der Waals surface area contributed by atoms with Gasteiger partial charge in [0, 0.05) is 16.1 Å². The van der Waals surface area contributed by atoms with Crippen molar-refractivity contribution in [2.45, 2.75) is 25.9 Å². The zero-order chi connectivity index (χ0) is 13.0. The van der Waals surface area contributed by atoms with Gasteiger partial charge < -0.3 is 5.11 Å². The maximum absolute atomic E-state index is 12.2. The van der Waals surface area contributed by atoms with Gasteiger partial charge in [-0.3, -0.25) is 9.69 Å². The number of ketones is 1. The molecule has 0 fully saturated rings. The van der Waals surface area contributed by atoms with Crippen molar-refractivity contribution in [2.24, 2.45) is 0 Å². The molecule has 0 saturated carbocycles. The highest BCUT2D eigenvalue weighted by molar-refractivity contribution is 9.10. The molecule has 0 aliphatic rings. The molecule has 3 nitrogen and oxygen atoms in total. The summed E-state index contributed by atoms with van der Waals surface area (Å²) >= 11 is 3.34. The van der Waals surface area contributed by atoms with E-state index in [1.807, 2.05) is 37.9 Å². The van der Waals surface area contributed by atoms with Crippen LogP contribution in [0.15, 0.2) is 28.7 Å². The monoisotopic (exact) mass is 299 g/mol. The second kappa shape index (κ2) is 6.28. The Bertz CT molecular complexity index is 378. The molecule has 0 radical (unpaired) electrons. The first kappa shape index (κ1) is 14.4. The second-order valence-corrected chi connectivity index (χ2v) is 5.16. The van der Waals surface area contributed by atoms with Crippen LogP contribution in [0.1, 0.15) is 24.2 Å². The molecule has 2 atom stereocenters. The average molecular weight is 300 g/mol. The maximum Gasteiger partial charge on any atom is 0.179 e. The summed E-state index contributed by atoms with van der Waals surface area (Å²) in [7, 11) is 1.85. The van der Waals surface area contributed by atoms with Gasteiger partial charge in [0.1, 0.15) is 0 Å². The van der Waals surface area contributed by atoms with Gasteiger partial charge in [-0.15, -0.1) is 0 Å². The minimum absolute atomic E-state index is 0.0237. The van der Waals surface area contributed by atoms with Crippen LogP contribution in [0, 0.1) is 0 Å². The Kier molecular flexibility index (Phi) is 5.31. The van der Waals surface area contributed by atoms with Crippen molar-refractivity contribution in [1.82, 2.24) is 4.90 Å². The molecule has 94 valence electrons. The van der Waals surface area contributed by atoms with E-state index < -0.39 is 0 Å². The van der Waals surface area contributed by atoms with Crippen molar-refractivity contribution in [1.29, 1.82) is 0 Å². The van der Waals surface area contributed by atoms with Crippen molar-refractivity contribution < 1.29 is 9.90 Å². The lowest BCUT2D eigenvalue weighted by molar-refractivity contribution is 0.0763. The van der Waals surface area contributed by atoms with Crippen LogP contribution in [-0.4, -0.2) is 41.5 Å². The molecule has 2 unspecified atom stereocenters. The third-order valence-corrected chi connectivity index (χ3v) is 3.61. The topological polar surface area (TPSA) is 40.5 Å². The number of rotatable bonds is 5. The van der Waals surface area contributed by atoms with Crippen LogP contribution in [0.3, 0.4) is 0 Å². The van der Waals surface area contributed by atoms with Crippen LogP contribution in [0.2, 0.25) is 0 Å². The smallest absolute Gasteiger partial charge is 0.179 e. The molecule has 1 rings (SSSR count). The Hall–Kier alpha value is -0.710. The van der Waals surface area contributed by atoms with Gasteiger partial charge in [-0.25, -0.2) is 0 Å². The van der Waals surface area contributed by atoms with Gasteiger partial charge in [0.15, 0.2) is 5.78 Å². The van der Waals surface area contributed by atoms with Crippen LogP contribution in [-0.2, 0) is 0 Å². The highest BCUT2D eigenvalue weighted by atomic mass is 79.9. The summed E-state index contributed by atoms with van der Waals surface area (Å²) in [6, 6.07) is 7.06. The molecular formula is C13H18BrNO2. The summed E-state index contributed by atoms with van der Waals surface area (Å²) in [5.74, 6) is 0.0697. The van der Waals surface area contributed by atoms with Crippen LogP contribution >= 0.6 is 15.9 Å². The molecule has 0 heterocycles. The molecule has 0 aliphatic carbocycles. The molecule has 0 spiro atoms. The molecule has 0 aliphatic heterocycles. The van der Waals surface area contributed by atoms with E-state index in [1.165, 1.54) is 0 Å². The van der Waals surface area contributed by atoms with E-state index in [0.717, 1.165) is 4.47 Å². The molecule has 4 heteroatoms. The lowest BCUT2D eigenvalue weighted by atomic mass is 10.0. The van der Waals surface area contributed by atoms with Crippen molar-refractivity contribution in [3.05, 3.63) is 34.3 Å². The van der Waals surface area contributed by atoms with E-state index >= 15 is 0 Å². The first-order valence-corrected chi connectivity index (χ1v) is 6.39. The number of aliphatic hydroxyl groups excluding tert-OH is 1. The van der Waals surface area contributed by atoms with Crippen LogP contribution in [0.5, 0.6) is 0 Å². The fourth-order valence-corrected chi connectivity index (χ4v) is 1.82. The Balaban J connectivity index is 2.79. The van der Waals surface area contributed by atoms with Gasteiger partial charge >= 0.3 is 0 Å². The quantitative estimate of drug-likeness (QED) is 0.849. The SMILES string of the molecule is CC(CO)N(C)C(C)C(=O)c1ccc(Br)cc1. The predicted molar refractivity (Wildman–Crippen MR) is 72.2 cm³/mol. The van der Waals surface area contributed by atoms with Gasteiger partial charge in [-0.1, -0.05) is 28.1 Å². The second-order valence-electron chi connectivity index (χ2n) is 4.24. The van der Waals surface area contributed by atoms with Crippen LogP contribution in [0.4, 0.5) is 0 Å². The fourth-order valence-electron chi connectivity index (χ4n) is 1.55. The normalized spacial score (nSPS) is 14.7. The number of Topliss-reactive ketones (excluding diaryl/α,β-unsaturated/α-hetero) is 1. The number of carbonyl (C=O) groups is 1. The highest BCUT2D eigenvalue weighted by Gasteiger charge is 2.22. The Morgan fingerprint density at radius 3 is 2.35 bits per heavy atom. The summed E-state index contributed by atoms with van der Waals surface area (Å²) in [5.41, 5.74) is 0.692. The minimum Gasteiger partial charge on any atom is -0.395 e. The highest BCUT2D eigenvalue weighted by Crippen LogP contribution is 2.14. The van der Waals surface area contributed by atoms with Gasteiger partial charge in [0.25, 0.3) is 0 Å². The molecule has 1 aromatic rings. The maximum atomic E-state index is 12.2. The molecule has 1 N–H and O–H groups in total. The fraction of sp³-hybridized carbons (Fsp3) is 0.462. The standard InChI is InChI=1S/C13H18BrNO2/c1-9(8-16)15(3)10(2)13(17)11-4-6-12(14)7-5-11/h4-7,9-10,16H,8H2,1-3H3. The van der Waals surface area contributed by atoms with Gasteiger partial charge in [-0.05, 0) is 33.0 Å². The molecule has 0 saturated heterocycles. The van der Waals surface area contributed by atoms with E-state index in [2.05, 4.69) is 15.9 Å². The van der Waals surface area contributed by atoms with Crippen molar-refractivity contribution >= 4 is 21.7 Å². The first-order chi connectivity index (χ1) is 7.97. The summed E-state index contributed by atoms with van der Waals surface area (Å²) in [6.07, 6.45) is 0. The summed E-state index contributed by atoms with van der Waals surface area (Å²) < 4.78 is 0.957. The Morgan fingerprint density at radius 1 is 1.35 bits per heavy atom. The van der Waals surface area contributed by atoms with E-state index in [-0.39, 0.29) is 24.5 Å². The number of aliphatic hydroxyl groups is 1. The number of nitrogens with zero attached hydrogens (tertiary/aromatic N) is 1. The summed E-state index contributed by atoms with van der Waals surface area (Å²) in [5, 5.41) is 9.08. The molecular weight excluding hydrogens is 282 g/mol. The zero-order valence-electron chi connectivity index (χ0n) is 10.4. The third-order valence-electron chi connectivity index (χ3n) is 3.08. The van der Waals surface area contributed by atoms with Gasteiger partial charge in [0.2, 0.25) is 0 Å². The van der Waals surface area contributed by atoms with E-state index in [1.54, 1.807) is 12.1 Å². The molecule has 0 amide bonds.